The van der Waals surface area contributed by atoms with Crippen LogP contribution >= 0.6 is 0 Å². The Hall–Kier alpha value is -5.95. The van der Waals surface area contributed by atoms with E-state index in [1.54, 1.807) is 41.5 Å². The molecule has 0 aromatic carbocycles. The largest absolute Gasteiger partial charge is 0.481 e. The van der Waals surface area contributed by atoms with Crippen LogP contribution in [0.25, 0.3) is 0 Å². The highest BCUT2D eigenvalue weighted by molar-refractivity contribution is 5.98. The summed E-state index contributed by atoms with van der Waals surface area (Å²) in [4.78, 5) is 143. The van der Waals surface area contributed by atoms with Gasteiger partial charge in [0.25, 0.3) is 0 Å². The van der Waals surface area contributed by atoms with E-state index in [4.69, 9.17) is 10.8 Å². The van der Waals surface area contributed by atoms with Crippen LogP contribution < -0.4 is 48.3 Å². The van der Waals surface area contributed by atoms with E-state index in [1.807, 2.05) is 0 Å². The quantitative estimate of drug-likeness (QED) is 0.0343. The van der Waals surface area contributed by atoms with E-state index >= 15 is 0 Å². The number of nitrogens with one attached hydrogen (secondary N) is 8. The molecule has 10 atom stereocenters. The van der Waals surface area contributed by atoms with Crippen molar-refractivity contribution >= 4 is 65.1 Å². The highest BCUT2D eigenvalue weighted by atomic mass is 16.4. The molecule has 0 bridgehead atoms. The minimum Gasteiger partial charge on any atom is -0.481 e. The lowest BCUT2D eigenvalue weighted by Gasteiger charge is -2.29. The van der Waals surface area contributed by atoms with Gasteiger partial charge in [-0.15, -0.1) is 0 Å². The van der Waals surface area contributed by atoms with E-state index in [0.29, 0.717) is 19.4 Å². The van der Waals surface area contributed by atoms with E-state index < -0.39 is 152 Å². The molecule has 1 saturated heterocycles. The Kier molecular flexibility index (Phi) is 25.7. The van der Waals surface area contributed by atoms with Gasteiger partial charge >= 0.3 is 11.9 Å². The van der Waals surface area contributed by atoms with Gasteiger partial charge in [-0.25, -0.2) is 0 Å². The molecule has 0 aromatic rings. The van der Waals surface area contributed by atoms with Gasteiger partial charge in [-0.05, 0) is 77.0 Å². The number of rotatable bonds is 29. The lowest BCUT2D eigenvalue weighted by Crippen LogP contribution is -2.60. The molecule has 14 N–H and O–H groups in total. The average molecular weight is 971 g/mol. The number of carbonyl (C=O) groups excluding carboxylic acids is 9. The molecule has 9 amide bonds. The topological polar surface area (TPSA) is 394 Å². The zero-order chi connectivity index (χ0) is 52.2. The van der Waals surface area contributed by atoms with Crippen LogP contribution in [0.5, 0.6) is 0 Å². The predicted octanol–water partition coefficient (Wildman–Crippen LogP) is -3.68. The molecule has 1 aliphatic rings. The zero-order valence-corrected chi connectivity index (χ0v) is 40.4. The summed E-state index contributed by atoms with van der Waals surface area (Å²) in [6, 6.07) is -11.9. The van der Waals surface area contributed by atoms with Crippen molar-refractivity contribution in [3.8, 4) is 0 Å². The molecule has 386 valence electrons. The zero-order valence-electron chi connectivity index (χ0n) is 40.4. The van der Waals surface area contributed by atoms with Crippen LogP contribution in [0.4, 0.5) is 0 Å². The first-order valence-electron chi connectivity index (χ1n) is 22.8. The number of aliphatic carboxylic acids is 2. The van der Waals surface area contributed by atoms with Crippen LogP contribution in [-0.2, 0) is 52.7 Å². The number of amides is 9. The van der Waals surface area contributed by atoms with Crippen LogP contribution in [-0.4, -0.2) is 171 Å². The molecule has 1 heterocycles. The Balaban J connectivity index is 3.14. The number of carboxylic acids is 2. The number of hydrogen-bond acceptors (Lipinski definition) is 14. The standard InChI is InChI=1S/C43H74N10O15/c1-20(2)15-27(49-39(63)30(19-54)51-38(62)29(17-22(5)6)50-40(64)31-11-10-14-53(31)42(66)23(7)44)35(59)45-18-32(56)47-28(16-21(3)4)37(61)48-26(12-13-33(57)58)36(60)52-34(25(9)55)41(65)46-24(8)43(67)68/h20-31,34,54-55H,10-19,44H2,1-9H3,(H,45,59)(H,46,65)(H,47,56)(H,48,61)(H,49,63)(H,50,64)(H,51,62)(H,52,60)(H,57,58)(H,67,68)/t23-,24-,25+,26-,27-,28-,29-,30-,31-,34-/m0/s1. The maximum Gasteiger partial charge on any atom is 0.325 e. The summed E-state index contributed by atoms with van der Waals surface area (Å²) in [5.74, 6) is -11.0. The molecule has 0 saturated carbocycles. The monoisotopic (exact) mass is 971 g/mol. The van der Waals surface area contributed by atoms with E-state index in [9.17, 15) is 68.1 Å². The Bertz CT molecular complexity index is 1790. The molecule has 0 aromatic heterocycles. The summed E-state index contributed by atoms with van der Waals surface area (Å²) >= 11 is 0. The second-order valence-electron chi connectivity index (χ2n) is 18.4. The van der Waals surface area contributed by atoms with Crippen LogP contribution in [0.15, 0.2) is 0 Å². The Morgan fingerprint density at radius 2 is 1.07 bits per heavy atom. The number of likely N-dealkylation sites (tertiary alicyclic amines) is 1. The smallest absolute Gasteiger partial charge is 0.325 e. The summed E-state index contributed by atoms with van der Waals surface area (Å²) < 4.78 is 0. The fourth-order valence-corrected chi connectivity index (χ4v) is 7.05. The van der Waals surface area contributed by atoms with Gasteiger partial charge in [0, 0.05) is 13.0 Å². The van der Waals surface area contributed by atoms with Crippen molar-refractivity contribution in [3.05, 3.63) is 0 Å². The van der Waals surface area contributed by atoms with Gasteiger partial charge in [0.15, 0.2) is 0 Å². The second-order valence-corrected chi connectivity index (χ2v) is 18.4. The Labute approximate surface area is 396 Å². The van der Waals surface area contributed by atoms with E-state index in [-0.39, 0.29) is 37.0 Å². The number of nitrogens with two attached hydrogens (primary N) is 1. The SMILES string of the molecule is CC(C)C[C@H](NC(=O)CNC(=O)[C@H](CC(C)C)NC(=O)[C@H](CO)NC(=O)[C@H](CC(C)C)NC(=O)[C@@H]1CCCN1C(=O)[C@H](C)N)C(=O)N[C@@H](CCC(=O)O)C(=O)N[C@H](C(=O)N[C@@H](C)C(=O)O)[C@@H](C)O. The van der Waals surface area contributed by atoms with Gasteiger partial charge in [0.05, 0.1) is 25.3 Å². The molecule has 25 nitrogen and oxygen atoms in total. The molecular formula is C43H74N10O15. The molecular weight excluding hydrogens is 897 g/mol. The van der Waals surface area contributed by atoms with Crippen molar-refractivity contribution in [3.63, 3.8) is 0 Å². The molecule has 0 aliphatic carbocycles. The van der Waals surface area contributed by atoms with Crippen molar-refractivity contribution < 1.29 is 73.2 Å². The number of hydrogen-bond donors (Lipinski definition) is 13. The van der Waals surface area contributed by atoms with Crippen LogP contribution in [0.1, 0.15) is 107 Å². The Morgan fingerprint density at radius 1 is 0.603 bits per heavy atom. The lowest BCUT2D eigenvalue weighted by molar-refractivity contribution is -0.142. The molecule has 0 spiro atoms. The average Bonchev–Trinajstić information content (AvgIpc) is 3.73. The lowest BCUT2D eigenvalue weighted by atomic mass is 10.0. The van der Waals surface area contributed by atoms with Crippen molar-refractivity contribution in [2.24, 2.45) is 23.5 Å². The number of carbonyl (C=O) groups is 11. The number of nitrogens with zero attached hydrogens (tertiary/aromatic N) is 1. The third-order valence-electron chi connectivity index (χ3n) is 10.6. The molecule has 1 aliphatic heterocycles. The van der Waals surface area contributed by atoms with Crippen molar-refractivity contribution in [2.45, 2.75) is 168 Å². The molecule has 0 radical (unpaired) electrons. The maximum atomic E-state index is 13.6. The number of carboxylic acid groups (broad SMARTS) is 2. The van der Waals surface area contributed by atoms with Crippen molar-refractivity contribution in [1.82, 2.24) is 47.4 Å². The fourth-order valence-electron chi connectivity index (χ4n) is 7.05. The first-order valence-corrected chi connectivity index (χ1v) is 22.8. The van der Waals surface area contributed by atoms with Crippen molar-refractivity contribution in [1.29, 1.82) is 0 Å². The first-order chi connectivity index (χ1) is 31.6. The Morgan fingerprint density at radius 3 is 1.54 bits per heavy atom. The fraction of sp³-hybridized carbons (Fsp3) is 0.744. The van der Waals surface area contributed by atoms with Crippen LogP contribution in [0.3, 0.4) is 0 Å². The molecule has 1 fully saturated rings. The maximum absolute atomic E-state index is 13.6. The van der Waals surface area contributed by atoms with E-state index in [1.165, 1.54) is 11.8 Å². The van der Waals surface area contributed by atoms with Gasteiger partial charge in [-0.3, -0.25) is 52.7 Å². The molecule has 1 rings (SSSR count). The first kappa shape index (κ1) is 60.1. The summed E-state index contributed by atoms with van der Waals surface area (Å²) in [6.45, 7) is 13.0. The summed E-state index contributed by atoms with van der Waals surface area (Å²) in [7, 11) is 0. The summed E-state index contributed by atoms with van der Waals surface area (Å²) in [5.41, 5.74) is 5.76. The van der Waals surface area contributed by atoms with Crippen molar-refractivity contribution in [2.75, 3.05) is 19.7 Å². The minimum absolute atomic E-state index is 0.0150. The predicted molar refractivity (Wildman–Crippen MR) is 242 cm³/mol. The minimum atomic E-state index is -1.71. The van der Waals surface area contributed by atoms with Gasteiger partial charge < -0.3 is 73.6 Å². The third-order valence-corrected chi connectivity index (χ3v) is 10.6. The third kappa shape index (κ3) is 20.9. The second kappa shape index (κ2) is 29.1. The molecule has 25 heteroatoms. The van der Waals surface area contributed by atoms with Crippen LogP contribution in [0, 0.1) is 17.8 Å². The van der Waals surface area contributed by atoms with E-state index in [2.05, 4.69) is 42.5 Å². The van der Waals surface area contributed by atoms with Gasteiger partial charge in [0.2, 0.25) is 53.2 Å². The normalized spacial score (nSPS) is 17.5. The van der Waals surface area contributed by atoms with Gasteiger partial charge in [-0.1, -0.05) is 41.5 Å². The number of aliphatic hydroxyl groups excluding tert-OH is 2. The summed E-state index contributed by atoms with van der Waals surface area (Å²) in [5, 5.41) is 58.0. The molecule has 68 heavy (non-hydrogen) atoms. The highest BCUT2D eigenvalue weighted by Gasteiger charge is 2.38. The number of aliphatic hydroxyl groups is 2. The molecule has 0 unspecified atom stereocenters. The van der Waals surface area contributed by atoms with Crippen LogP contribution in [0.2, 0.25) is 0 Å². The van der Waals surface area contributed by atoms with Gasteiger partial charge in [0.1, 0.15) is 48.3 Å². The van der Waals surface area contributed by atoms with Gasteiger partial charge in [-0.2, -0.15) is 0 Å². The highest BCUT2D eigenvalue weighted by Crippen LogP contribution is 2.19. The summed E-state index contributed by atoms with van der Waals surface area (Å²) in [6.07, 6.45) is -1.65. The van der Waals surface area contributed by atoms with E-state index in [0.717, 1.165) is 13.8 Å².